The summed E-state index contributed by atoms with van der Waals surface area (Å²) in [6, 6.07) is 52.3. The SMILES string of the molecule is c1ccc(-n2c3ccccc3c3ccc4c5ccccc5n(-c5cccc(-c6cccc7ncccc67)c5)c4c32)cc1. The first-order valence-electron chi connectivity index (χ1n) is 14.3. The van der Waals surface area contributed by atoms with E-state index in [0.29, 0.717) is 0 Å². The molecule has 0 unspecified atom stereocenters. The molecular weight excluding hydrogens is 510 g/mol. The van der Waals surface area contributed by atoms with E-state index in [2.05, 4.69) is 154 Å². The third-order valence-corrected chi connectivity index (χ3v) is 8.54. The molecule has 0 bridgehead atoms. The predicted octanol–water partition coefficient (Wildman–Crippen LogP) is 10.1. The van der Waals surface area contributed by atoms with Gasteiger partial charge in [0, 0.05) is 44.5 Å². The summed E-state index contributed by atoms with van der Waals surface area (Å²) in [5.41, 5.74) is 10.5. The van der Waals surface area contributed by atoms with Gasteiger partial charge in [-0.15, -0.1) is 0 Å². The molecule has 3 aromatic heterocycles. The number of hydrogen-bond acceptors (Lipinski definition) is 1. The van der Waals surface area contributed by atoms with Gasteiger partial charge in [-0.1, -0.05) is 97.1 Å². The van der Waals surface area contributed by atoms with Crippen LogP contribution >= 0.6 is 0 Å². The average molecular weight is 536 g/mol. The number of benzene rings is 6. The van der Waals surface area contributed by atoms with Gasteiger partial charge in [-0.3, -0.25) is 4.98 Å². The molecule has 0 spiro atoms. The maximum Gasteiger partial charge on any atom is 0.0788 e. The van der Waals surface area contributed by atoms with Crippen molar-refractivity contribution in [2.75, 3.05) is 0 Å². The zero-order valence-corrected chi connectivity index (χ0v) is 22.8. The lowest BCUT2D eigenvalue weighted by Gasteiger charge is -2.14. The Labute approximate surface area is 242 Å². The molecule has 9 rings (SSSR count). The van der Waals surface area contributed by atoms with Crippen LogP contribution in [0.5, 0.6) is 0 Å². The Morgan fingerprint density at radius 2 is 1.00 bits per heavy atom. The van der Waals surface area contributed by atoms with Crippen LogP contribution in [0.25, 0.3) is 77.0 Å². The summed E-state index contributed by atoms with van der Waals surface area (Å²) >= 11 is 0. The Hall–Kier alpha value is -5.67. The fraction of sp³-hybridized carbons (Fsp3) is 0. The van der Waals surface area contributed by atoms with Gasteiger partial charge in [-0.25, -0.2) is 0 Å². The van der Waals surface area contributed by atoms with Crippen molar-refractivity contribution in [1.82, 2.24) is 14.1 Å². The van der Waals surface area contributed by atoms with Crippen LogP contribution in [0, 0.1) is 0 Å². The molecule has 0 N–H and O–H groups in total. The Bertz CT molecular complexity index is 2460. The zero-order valence-electron chi connectivity index (χ0n) is 22.8. The molecule has 196 valence electrons. The van der Waals surface area contributed by atoms with E-state index in [4.69, 9.17) is 0 Å². The monoisotopic (exact) mass is 535 g/mol. The highest BCUT2D eigenvalue weighted by Gasteiger charge is 2.21. The van der Waals surface area contributed by atoms with E-state index in [-0.39, 0.29) is 0 Å². The van der Waals surface area contributed by atoms with Gasteiger partial charge in [0.2, 0.25) is 0 Å². The second-order valence-corrected chi connectivity index (χ2v) is 10.8. The van der Waals surface area contributed by atoms with Crippen LogP contribution in [0.3, 0.4) is 0 Å². The van der Waals surface area contributed by atoms with Crippen LogP contribution in [0.1, 0.15) is 0 Å². The Morgan fingerprint density at radius 1 is 0.405 bits per heavy atom. The van der Waals surface area contributed by atoms with Gasteiger partial charge >= 0.3 is 0 Å². The fourth-order valence-corrected chi connectivity index (χ4v) is 6.78. The van der Waals surface area contributed by atoms with E-state index in [1.54, 1.807) is 0 Å². The van der Waals surface area contributed by atoms with Gasteiger partial charge < -0.3 is 9.13 Å². The van der Waals surface area contributed by atoms with Gasteiger partial charge in [0.15, 0.2) is 0 Å². The van der Waals surface area contributed by atoms with E-state index in [0.717, 1.165) is 22.3 Å². The molecule has 3 heteroatoms. The van der Waals surface area contributed by atoms with Crippen LogP contribution in [-0.4, -0.2) is 14.1 Å². The van der Waals surface area contributed by atoms with Crippen LogP contribution in [0.15, 0.2) is 152 Å². The molecule has 0 amide bonds. The number of rotatable bonds is 3. The van der Waals surface area contributed by atoms with Crippen molar-refractivity contribution >= 4 is 54.5 Å². The molecule has 6 aromatic carbocycles. The van der Waals surface area contributed by atoms with Crippen molar-refractivity contribution in [3.63, 3.8) is 0 Å². The summed E-state index contributed by atoms with van der Waals surface area (Å²) < 4.78 is 4.89. The summed E-state index contributed by atoms with van der Waals surface area (Å²) in [6.45, 7) is 0. The molecule has 3 heterocycles. The number of hydrogen-bond donors (Lipinski definition) is 0. The molecular formula is C39H25N3. The quantitative estimate of drug-likeness (QED) is 0.221. The van der Waals surface area contributed by atoms with Crippen molar-refractivity contribution < 1.29 is 0 Å². The van der Waals surface area contributed by atoms with Crippen molar-refractivity contribution in [1.29, 1.82) is 0 Å². The van der Waals surface area contributed by atoms with Gasteiger partial charge in [0.1, 0.15) is 0 Å². The highest BCUT2D eigenvalue weighted by atomic mass is 15.0. The van der Waals surface area contributed by atoms with E-state index < -0.39 is 0 Å². The minimum absolute atomic E-state index is 1.01. The number of aromatic nitrogens is 3. The first kappa shape index (κ1) is 23.1. The maximum absolute atomic E-state index is 4.61. The lowest BCUT2D eigenvalue weighted by atomic mass is 10.00. The highest BCUT2D eigenvalue weighted by Crippen LogP contribution is 2.42. The maximum atomic E-state index is 4.61. The molecule has 0 saturated heterocycles. The third-order valence-electron chi connectivity index (χ3n) is 8.54. The van der Waals surface area contributed by atoms with Crippen molar-refractivity contribution in [2.24, 2.45) is 0 Å². The molecule has 0 atom stereocenters. The standard InChI is InChI=1S/C39H25N3/c1-2-12-27(13-3-1)41-36-20-6-4-15-31(36)33-22-23-34-32-16-5-7-21-37(32)42(39(34)38(33)41)28-14-8-11-26(25-28)29-17-9-19-35-30(29)18-10-24-40-35/h1-25H. The lowest BCUT2D eigenvalue weighted by Crippen LogP contribution is -1.99. The van der Waals surface area contributed by atoms with Gasteiger partial charge in [-0.05, 0) is 59.7 Å². The zero-order chi connectivity index (χ0) is 27.6. The summed E-state index contributed by atoms with van der Waals surface area (Å²) in [7, 11) is 0. The number of fused-ring (bicyclic) bond motifs is 8. The molecule has 0 radical (unpaired) electrons. The molecule has 0 aliphatic rings. The summed E-state index contributed by atoms with van der Waals surface area (Å²) in [5, 5.41) is 6.16. The second-order valence-electron chi connectivity index (χ2n) is 10.8. The first-order valence-corrected chi connectivity index (χ1v) is 14.3. The molecule has 0 fully saturated rings. The fourth-order valence-electron chi connectivity index (χ4n) is 6.78. The van der Waals surface area contributed by atoms with E-state index in [1.807, 2.05) is 12.3 Å². The van der Waals surface area contributed by atoms with E-state index in [1.165, 1.54) is 54.7 Å². The van der Waals surface area contributed by atoms with Crippen LogP contribution in [0.2, 0.25) is 0 Å². The van der Waals surface area contributed by atoms with E-state index in [9.17, 15) is 0 Å². The Morgan fingerprint density at radius 3 is 1.74 bits per heavy atom. The summed E-state index contributed by atoms with van der Waals surface area (Å²) in [6.07, 6.45) is 1.86. The van der Waals surface area contributed by atoms with Crippen LogP contribution < -0.4 is 0 Å². The number of pyridine rings is 1. The normalized spacial score (nSPS) is 11.8. The van der Waals surface area contributed by atoms with Crippen LogP contribution in [-0.2, 0) is 0 Å². The molecule has 0 saturated carbocycles. The summed E-state index contributed by atoms with van der Waals surface area (Å²) in [5.74, 6) is 0. The van der Waals surface area contributed by atoms with Gasteiger partial charge in [0.05, 0.1) is 27.6 Å². The number of nitrogens with zero attached hydrogens (tertiary/aromatic N) is 3. The third kappa shape index (κ3) is 3.25. The number of para-hydroxylation sites is 3. The second kappa shape index (κ2) is 8.92. The van der Waals surface area contributed by atoms with Crippen molar-refractivity contribution in [2.45, 2.75) is 0 Å². The Balaban J connectivity index is 1.44. The van der Waals surface area contributed by atoms with Gasteiger partial charge in [-0.2, -0.15) is 0 Å². The minimum Gasteiger partial charge on any atom is -0.307 e. The lowest BCUT2D eigenvalue weighted by molar-refractivity contribution is 1.15. The topological polar surface area (TPSA) is 22.8 Å². The largest absolute Gasteiger partial charge is 0.307 e. The molecule has 3 nitrogen and oxygen atoms in total. The van der Waals surface area contributed by atoms with Crippen LogP contribution in [0.4, 0.5) is 0 Å². The molecule has 0 aliphatic carbocycles. The van der Waals surface area contributed by atoms with E-state index >= 15 is 0 Å². The molecule has 9 aromatic rings. The van der Waals surface area contributed by atoms with Crippen molar-refractivity contribution in [3.8, 4) is 22.5 Å². The first-order chi connectivity index (χ1) is 20.9. The summed E-state index contributed by atoms with van der Waals surface area (Å²) in [4.78, 5) is 4.61. The highest BCUT2D eigenvalue weighted by molar-refractivity contribution is 6.23. The predicted molar refractivity (Wildman–Crippen MR) is 176 cm³/mol. The van der Waals surface area contributed by atoms with Gasteiger partial charge in [0.25, 0.3) is 0 Å². The Kier molecular flexibility index (Phi) is 4.90. The molecule has 42 heavy (non-hydrogen) atoms. The molecule has 0 aliphatic heterocycles. The smallest absolute Gasteiger partial charge is 0.0788 e. The van der Waals surface area contributed by atoms with Crippen molar-refractivity contribution in [3.05, 3.63) is 152 Å². The minimum atomic E-state index is 1.01. The average Bonchev–Trinajstić information content (AvgIpc) is 3.58.